The van der Waals surface area contributed by atoms with Gasteiger partial charge in [-0.2, -0.15) is 0 Å². The zero-order chi connectivity index (χ0) is 13.6. The lowest BCUT2D eigenvalue weighted by molar-refractivity contribution is -0.186. The third kappa shape index (κ3) is 2.75. The van der Waals surface area contributed by atoms with E-state index in [4.69, 9.17) is 9.47 Å². The average Bonchev–Trinajstić information content (AvgIpc) is 2.83. The predicted molar refractivity (Wildman–Crippen MR) is 64.0 cm³/mol. The highest BCUT2D eigenvalue weighted by atomic mass is 16.6. The lowest BCUT2D eigenvalue weighted by atomic mass is 10.1. The highest BCUT2D eigenvalue weighted by molar-refractivity contribution is 5.85. The fraction of sp³-hybridized carbons (Fsp3) is 0.833. The molecule has 1 rings (SSSR count). The maximum Gasteiger partial charge on any atom is 0.412 e. The summed E-state index contributed by atoms with van der Waals surface area (Å²) in [7, 11) is 2.69. The topological polar surface area (TPSA) is 65.1 Å². The van der Waals surface area contributed by atoms with E-state index in [1.165, 1.54) is 19.1 Å². The Morgan fingerprint density at radius 1 is 1.33 bits per heavy atom. The van der Waals surface area contributed by atoms with Gasteiger partial charge in [0.05, 0.1) is 13.7 Å². The van der Waals surface area contributed by atoms with Gasteiger partial charge in [0.25, 0.3) is 0 Å². The lowest BCUT2D eigenvalue weighted by Gasteiger charge is -2.33. The zero-order valence-corrected chi connectivity index (χ0v) is 11.2. The van der Waals surface area contributed by atoms with Crippen LogP contribution in [-0.4, -0.2) is 50.1 Å². The van der Waals surface area contributed by atoms with Crippen LogP contribution in [0.25, 0.3) is 0 Å². The van der Waals surface area contributed by atoms with Gasteiger partial charge in [-0.15, -0.1) is 0 Å². The summed E-state index contributed by atoms with van der Waals surface area (Å²) >= 11 is 0. The first-order valence-corrected chi connectivity index (χ1v) is 6.20. The Bertz CT molecular complexity index is 307. The van der Waals surface area contributed by atoms with Crippen molar-refractivity contribution in [1.29, 1.82) is 0 Å². The van der Waals surface area contributed by atoms with Gasteiger partial charge in [0, 0.05) is 20.1 Å². The molecule has 0 unspecified atom stereocenters. The molecule has 1 aliphatic heterocycles. The molecule has 6 nitrogen and oxygen atoms in total. The number of ether oxygens (including phenoxy) is 3. The van der Waals surface area contributed by atoms with Gasteiger partial charge in [0.15, 0.2) is 0 Å². The molecular weight excluding hydrogens is 238 g/mol. The SMILES string of the molecule is CCCCOC(=O)[C@]1(OC)CCCN1C(=O)OC. The molecule has 0 N–H and O–H groups in total. The molecule has 18 heavy (non-hydrogen) atoms. The molecule has 1 amide bonds. The Morgan fingerprint density at radius 3 is 2.61 bits per heavy atom. The van der Waals surface area contributed by atoms with Crippen molar-refractivity contribution in [1.82, 2.24) is 4.90 Å². The molecule has 1 saturated heterocycles. The van der Waals surface area contributed by atoms with Crippen LogP contribution < -0.4 is 0 Å². The summed E-state index contributed by atoms with van der Waals surface area (Å²) in [5.74, 6) is -0.513. The number of amides is 1. The van der Waals surface area contributed by atoms with E-state index in [1.54, 1.807) is 0 Å². The number of hydrogen-bond donors (Lipinski definition) is 0. The monoisotopic (exact) mass is 259 g/mol. The van der Waals surface area contributed by atoms with Crippen molar-refractivity contribution in [2.75, 3.05) is 27.4 Å². The van der Waals surface area contributed by atoms with E-state index >= 15 is 0 Å². The number of nitrogens with zero attached hydrogens (tertiary/aromatic N) is 1. The first kappa shape index (κ1) is 14.8. The number of hydrogen-bond acceptors (Lipinski definition) is 5. The van der Waals surface area contributed by atoms with Gasteiger partial charge >= 0.3 is 12.1 Å². The maximum atomic E-state index is 12.1. The molecule has 1 fully saturated rings. The highest BCUT2D eigenvalue weighted by Crippen LogP contribution is 2.32. The van der Waals surface area contributed by atoms with Crippen LogP contribution in [-0.2, 0) is 19.0 Å². The number of methoxy groups -OCH3 is 2. The molecule has 0 saturated carbocycles. The second kappa shape index (κ2) is 6.58. The number of esters is 1. The summed E-state index contributed by atoms with van der Waals surface area (Å²) in [5.41, 5.74) is -1.32. The van der Waals surface area contributed by atoms with E-state index in [2.05, 4.69) is 4.74 Å². The Labute approximate surface area is 107 Å². The van der Waals surface area contributed by atoms with Gasteiger partial charge in [-0.25, -0.2) is 9.59 Å². The molecule has 0 spiro atoms. The van der Waals surface area contributed by atoms with Crippen LogP contribution >= 0.6 is 0 Å². The average molecular weight is 259 g/mol. The van der Waals surface area contributed by atoms with Crippen molar-refractivity contribution >= 4 is 12.1 Å². The fourth-order valence-corrected chi connectivity index (χ4v) is 2.07. The third-order valence-electron chi connectivity index (χ3n) is 3.12. The molecule has 0 aromatic rings. The Morgan fingerprint density at radius 2 is 2.06 bits per heavy atom. The van der Waals surface area contributed by atoms with Gasteiger partial charge in [0.2, 0.25) is 5.72 Å². The Kier molecular flexibility index (Phi) is 5.40. The number of likely N-dealkylation sites (tertiary alicyclic amines) is 1. The van der Waals surface area contributed by atoms with Crippen molar-refractivity contribution in [3.8, 4) is 0 Å². The van der Waals surface area contributed by atoms with E-state index in [-0.39, 0.29) is 0 Å². The lowest BCUT2D eigenvalue weighted by Crippen LogP contribution is -2.55. The molecule has 0 bridgehead atoms. The minimum Gasteiger partial charge on any atom is -0.462 e. The van der Waals surface area contributed by atoms with Crippen molar-refractivity contribution < 1.29 is 23.8 Å². The smallest absolute Gasteiger partial charge is 0.412 e. The third-order valence-corrected chi connectivity index (χ3v) is 3.12. The van der Waals surface area contributed by atoms with Gasteiger partial charge in [-0.1, -0.05) is 13.3 Å². The summed E-state index contributed by atoms with van der Waals surface area (Å²) in [5, 5.41) is 0. The van der Waals surface area contributed by atoms with Gasteiger partial charge in [0.1, 0.15) is 0 Å². The normalized spacial score (nSPS) is 22.9. The standard InChI is InChI=1S/C12H21NO5/c1-4-5-9-18-10(14)12(17-3)7-6-8-13(12)11(15)16-2/h4-9H2,1-3H3/t12-/m1/s1. The van der Waals surface area contributed by atoms with Crippen LogP contribution in [0.3, 0.4) is 0 Å². The zero-order valence-electron chi connectivity index (χ0n) is 11.2. The number of carbonyl (C=O) groups excluding carboxylic acids is 2. The summed E-state index contributed by atoms with van der Waals surface area (Å²) < 4.78 is 15.1. The largest absolute Gasteiger partial charge is 0.462 e. The molecule has 0 aliphatic carbocycles. The van der Waals surface area contributed by atoms with Gasteiger partial charge in [-0.3, -0.25) is 4.90 Å². The second-order valence-corrected chi connectivity index (χ2v) is 4.20. The maximum absolute atomic E-state index is 12.1. The van der Waals surface area contributed by atoms with Crippen LogP contribution in [0.2, 0.25) is 0 Å². The molecule has 0 aromatic carbocycles. The fourth-order valence-electron chi connectivity index (χ4n) is 2.07. The number of rotatable bonds is 5. The molecular formula is C12H21NO5. The second-order valence-electron chi connectivity index (χ2n) is 4.20. The van der Waals surface area contributed by atoms with Crippen molar-refractivity contribution in [2.24, 2.45) is 0 Å². The van der Waals surface area contributed by atoms with Crippen molar-refractivity contribution in [2.45, 2.75) is 38.3 Å². The van der Waals surface area contributed by atoms with E-state index in [0.717, 1.165) is 12.8 Å². The van der Waals surface area contributed by atoms with Crippen LogP contribution in [0.4, 0.5) is 4.79 Å². The molecule has 0 radical (unpaired) electrons. The summed E-state index contributed by atoms with van der Waals surface area (Å²) in [6.45, 7) is 2.79. The number of carbonyl (C=O) groups is 2. The molecule has 1 atom stereocenters. The minimum atomic E-state index is -1.32. The van der Waals surface area contributed by atoms with Crippen molar-refractivity contribution in [3.05, 3.63) is 0 Å². The minimum absolute atomic E-state index is 0.343. The Hall–Kier alpha value is -1.30. The molecule has 0 aromatic heterocycles. The quantitative estimate of drug-likeness (QED) is 0.553. The predicted octanol–water partition coefficient (Wildman–Crippen LogP) is 1.53. The van der Waals surface area contributed by atoms with Crippen LogP contribution in [0.15, 0.2) is 0 Å². The summed E-state index contributed by atoms with van der Waals surface area (Å²) in [6, 6.07) is 0. The Balaban J connectivity index is 2.76. The van der Waals surface area contributed by atoms with Crippen LogP contribution in [0.1, 0.15) is 32.6 Å². The van der Waals surface area contributed by atoms with Gasteiger partial charge < -0.3 is 14.2 Å². The van der Waals surface area contributed by atoms with Crippen LogP contribution in [0, 0.1) is 0 Å². The van der Waals surface area contributed by atoms with Crippen molar-refractivity contribution in [3.63, 3.8) is 0 Å². The molecule has 6 heteroatoms. The molecule has 1 heterocycles. The van der Waals surface area contributed by atoms with Gasteiger partial charge in [-0.05, 0) is 12.8 Å². The highest BCUT2D eigenvalue weighted by Gasteiger charge is 2.52. The molecule has 1 aliphatic rings. The first-order chi connectivity index (χ1) is 8.62. The summed E-state index contributed by atoms with van der Waals surface area (Å²) in [6.07, 6.45) is 2.29. The van der Waals surface area contributed by atoms with E-state index in [0.29, 0.717) is 26.0 Å². The molecule has 104 valence electrons. The first-order valence-electron chi connectivity index (χ1n) is 6.20. The van der Waals surface area contributed by atoms with E-state index in [9.17, 15) is 9.59 Å². The number of unbranched alkanes of at least 4 members (excludes halogenated alkanes) is 1. The summed E-state index contributed by atoms with van der Waals surface area (Å²) in [4.78, 5) is 25.0. The van der Waals surface area contributed by atoms with E-state index in [1.807, 2.05) is 6.92 Å². The van der Waals surface area contributed by atoms with Crippen LogP contribution in [0.5, 0.6) is 0 Å². The van der Waals surface area contributed by atoms with E-state index < -0.39 is 17.8 Å².